The van der Waals surface area contributed by atoms with Crippen molar-refractivity contribution < 1.29 is 9.18 Å². The normalized spacial score (nSPS) is 21.3. The summed E-state index contributed by atoms with van der Waals surface area (Å²) in [5.41, 5.74) is 0.423. The second-order valence-corrected chi connectivity index (χ2v) is 9.13. The van der Waals surface area contributed by atoms with Crippen LogP contribution in [0.15, 0.2) is 24.7 Å². The standard InChI is InChI=1S/C21H28FN5OS/c1-15-3-2-8-27(14-15)17-5-9-26(10-6-17)21-25-13-19(29-21)20(28)24-11-16-4-7-23-12-18(16)22/h4,7,12-13,15,17H,2-3,5-6,8-11,14H2,1H3,(H,24,28). The number of nitrogens with one attached hydrogen (secondary N) is 1. The van der Waals surface area contributed by atoms with Gasteiger partial charge in [-0.15, -0.1) is 0 Å². The molecule has 2 saturated heterocycles. The second-order valence-electron chi connectivity index (χ2n) is 8.12. The fourth-order valence-electron chi connectivity index (χ4n) is 4.31. The SMILES string of the molecule is CC1CCCN(C2CCN(c3ncc(C(=O)NCc4ccncc4F)s3)CC2)C1. The fraction of sp³-hybridized carbons (Fsp3) is 0.571. The van der Waals surface area contributed by atoms with Crippen molar-refractivity contribution in [3.8, 4) is 0 Å². The third-order valence-electron chi connectivity index (χ3n) is 5.95. The Morgan fingerprint density at radius 2 is 2.10 bits per heavy atom. The number of pyridine rings is 1. The van der Waals surface area contributed by atoms with Gasteiger partial charge in [0, 0.05) is 44.0 Å². The summed E-state index contributed by atoms with van der Waals surface area (Å²) < 4.78 is 13.6. The molecule has 2 aliphatic rings. The van der Waals surface area contributed by atoms with Crippen molar-refractivity contribution in [2.45, 2.75) is 45.2 Å². The zero-order valence-electron chi connectivity index (χ0n) is 16.8. The predicted molar refractivity (Wildman–Crippen MR) is 113 cm³/mol. The Morgan fingerprint density at radius 1 is 1.28 bits per heavy atom. The quantitative estimate of drug-likeness (QED) is 0.809. The highest BCUT2D eigenvalue weighted by Crippen LogP contribution is 2.28. The van der Waals surface area contributed by atoms with Gasteiger partial charge in [0.05, 0.1) is 12.4 Å². The Balaban J connectivity index is 1.29. The molecule has 0 spiro atoms. The van der Waals surface area contributed by atoms with E-state index in [2.05, 4.69) is 32.0 Å². The molecule has 29 heavy (non-hydrogen) atoms. The number of carbonyl (C=O) groups is 1. The molecule has 0 radical (unpaired) electrons. The summed E-state index contributed by atoms with van der Waals surface area (Å²) in [5.74, 6) is 0.174. The number of hydrogen-bond acceptors (Lipinski definition) is 6. The minimum atomic E-state index is -0.413. The lowest BCUT2D eigenvalue weighted by molar-refractivity contribution is 0.0954. The lowest BCUT2D eigenvalue weighted by atomic mass is 9.95. The largest absolute Gasteiger partial charge is 0.348 e. The van der Waals surface area contributed by atoms with E-state index >= 15 is 0 Å². The van der Waals surface area contributed by atoms with Crippen LogP contribution in [0.25, 0.3) is 0 Å². The number of thiazole rings is 1. The monoisotopic (exact) mass is 417 g/mol. The van der Waals surface area contributed by atoms with Gasteiger partial charge < -0.3 is 10.2 Å². The van der Waals surface area contributed by atoms with Crippen LogP contribution in [-0.4, -0.2) is 53.0 Å². The summed E-state index contributed by atoms with van der Waals surface area (Å²) >= 11 is 1.41. The van der Waals surface area contributed by atoms with Gasteiger partial charge in [0.25, 0.3) is 5.91 Å². The molecule has 2 aliphatic heterocycles. The average Bonchev–Trinajstić information content (AvgIpc) is 3.23. The van der Waals surface area contributed by atoms with E-state index in [0.29, 0.717) is 16.5 Å². The minimum absolute atomic E-state index is 0.139. The smallest absolute Gasteiger partial charge is 0.263 e. The number of rotatable bonds is 5. The topological polar surface area (TPSA) is 61.4 Å². The van der Waals surface area contributed by atoms with E-state index in [1.807, 2.05) is 0 Å². The molecule has 6 nitrogen and oxygen atoms in total. The van der Waals surface area contributed by atoms with Crippen LogP contribution in [0.1, 0.15) is 47.8 Å². The van der Waals surface area contributed by atoms with Crippen molar-refractivity contribution in [3.05, 3.63) is 40.9 Å². The van der Waals surface area contributed by atoms with Crippen molar-refractivity contribution >= 4 is 22.4 Å². The maximum Gasteiger partial charge on any atom is 0.263 e. The number of carbonyl (C=O) groups excluding carboxylic acids is 1. The zero-order chi connectivity index (χ0) is 20.2. The van der Waals surface area contributed by atoms with Gasteiger partial charge in [-0.25, -0.2) is 9.37 Å². The minimum Gasteiger partial charge on any atom is -0.348 e. The highest BCUT2D eigenvalue weighted by molar-refractivity contribution is 7.17. The van der Waals surface area contributed by atoms with Crippen LogP contribution in [0.2, 0.25) is 0 Å². The summed E-state index contributed by atoms with van der Waals surface area (Å²) in [6, 6.07) is 2.24. The molecule has 1 atom stereocenters. The lowest BCUT2D eigenvalue weighted by Gasteiger charge is -2.41. The van der Waals surface area contributed by atoms with Crippen molar-refractivity contribution in [1.82, 2.24) is 20.2 Å². The third-order valence-corrected chi connectivity index (χ3v) is 7.01. The molecule has 0 aromatic carbocycles. The van der Waals surface area contributed by atoms with E-state index in [1.165, 1.54) is 43.5 Å². The number of amides is 1. The van der Waals surface area contributed by atoms with Gasteiger partial charge in [-0.3, -0.25) is 14.7 Å². The number of nitrogens with zero attached hydrogens (tertiary/aromatic N) is 4. The van der Waals surface area contributed by atoms with E-state index in [0.717, 1.165) is 43.2 Å². The van der Waals surface area contributed by atoms with Crippen molar-refractivity contribution in [1.29, 1.82) is 0 Å². The molecule has 0 saturated carbocycles. The number of anilines is 1. The first-order valence-corrected chi connectivity index (χ1v) is 11.2. The van der Waals surface area contributed by atoms with Gasteiger partial charge in [-0.05, 0) is 44.2 Å². The molecule has 1 unspecified atom stereocenters. The summed E-state index contributed by atoms with van der Waals surface area (Å²) in [6.45, 7) is 6.91. The maximum absolute atomic E-state index is 13.6. The van der Waals surface area contributed by atoms with Gasteiger partial charge in [-0.2, -0.15) is 0 Å². The Morgan fingerprint density at radius 3 is 2.86 bits per heavy atom. The first kappa shape index (κ1) is 20.2. The molecule has 156 valence electrons. The first-order chi connectivity index (χ1) is 14.1. The van der Waals surface area contributed by atoms with Crippen LogP contribution < -0.4 is 10.2 Å². The fourth-order valence-corrected chi connectivity index (χ4v) is 5.19. The molecule has 2 fully saturated rings. The molecule has 2 aromatic rings. The number of aromatic nitrogens is 2. The number of halogens is 1. The first-order valence-electron chi connectivity index (χ1n) is 10.4. The van der Waals surface area contributed by atoms with Gasteiger partial charge in [0.2, 0.25) is 0 Å². The Labute approximate surface area is 175 Å². The van der Waals surface area contributed by atoms with Gasteiger partial charge in [-0.1, -0.05) is 18.3 Å². The summed E-state index contributed by atoms with van der Waals surface area (Å²) in [4.78, 5) is 26.1. The average molecular weight is 418 g/mol. The van der Waals surface area contributed by atoms with Crippen molar-refractivity contribution in [2.75, 3.05) is 31.1 Å². The van der Waals surface area contributed by atoms with Crippen LogP contribution in [0, 0.1) is 11.7 Å². The van der Waals surface area contributed by atoms with Crippen LogP contribution in [0.3, 0.4) is 0 Å². The van der Waals surface area contributed by atoms with Gasteiger partial charge >= 0.3 is 0 Å². The molecule has 1 N–H and O–H groups in total. The molecular formula is C21H28FN5OS. The van der Waals surface area contributed by atoms with Crippen LogP contribution >= 0.6 is 11.3 Å². The molecule has 2 aromatic heterocycles. The summed E-state index contributed by atoms with van der Waals surface area (Å²) in [7, 11) is 0. The number of piperidine rings is 2. The highest BCUT2D eigenvalue weighted by atomic mass is 32.1. The Kier molecular flexibility index (Phi) is 6.40. The van der Waals surface area contributed by atoms with E-state index in [9.17, 15) is 9.18 Å². The van der Waals surface area contributed by atoms with Crippen LogP contribution in [0.4, 0.5) is 9.52 Å². The molecule has 0 aliphatic carbocycles. The molecule has 4 heterocycles. The zero-order valence-corrected chi connectivity index (χ0v) is 17.6. The van der Waals surface area contributed by atoms with Crippen LogP contribution in [-0.2, 0) is 6.54 Å². The predicted octanol–water partition coefficient (Wildman–Crippen LogP) is 3.31. The van der Waals surface area contributed by atoms with E-state index in [1.54, 1.807) is 12.3 Å². The molecule has 0 bridgehead atoms. The third kappa shape index (κ3) is 4.93. The molecule has 4 rings (SSSR count). The summed E-state index contributed by atoms with van der Waals surface area (Å²) in [6.07, 6.45) is 9.26. The Hall–Kier alpha value is -2.06. The summed E-state index contributed by atoms with van der Waals surface area (Å²) in [5, 5.41) is 3.66. The van der Waals surface area contributed by atoms with Gasteiger partial charge in [0.15, 0.2) is 5.13 Å². The highest BCUT2D eigenvalue weighted by Gasteiger charge is 2.28. The molecule has 8 heteroatoms. The number of likely N-dealkylation sites (tertiary alicyclic amines) is 1. The molecule has 1 amide bonds. The van der Waals surface area contributed by atoms with Gasteiger partial charge in [0.1, 0.15) is 10.7 Å². The van der Waals surface area contributed by atoms with E-state index < -0.39 is 5.82 Å². The van der Waals surface area contributed by atoms with E-state index in [4.69, 9.17) is 0 Å². The Bertz CT molecular complexity index is 836. The van der Waals surface area contributed by atoms with Crippen LogP contribution in [0.5, 0.6) is 0 Å². The lowest BCUT2D eigenvalue weighted by Crippen LogP contribution is -2.48. The van der Waals surface area contributed by atoms with Crippen molar-refractivity contribution in [2.24, 2.45) is 5.92 Å². The van der Waals surface area contributed by atoms with Crippen molar-refractivity contribution in [3.63, 3.8) is 0 Å². The van der Waals surface area contributed by atoms with E-state index in [-0.39, 0.29) is 12.5 Å². The number of hydrogen-bond donors (Lipinski definition) is 1. The second kappa shape index (κ2) is 9.17. The molecular weight excluding hydrogens is 389 g/mol. The maximum atomic E-state index is 13.6.